The lowest BCUT2D eigenvalue weighted by Gasteiger charge is -2.17. The molecule has 0 atom stereocenters. The zero-order valence-electron chi connectivity index (χ0n) is 13.0. The molecule has 1 aliphatic rings. The van der Waals surface area contributed by atoms with Crippen molar-refractivity contribution in [2.24, 2.45) is 10.2 Å². The molecule has 1 saturated heterocycles. The Morgan fingerprint density at radius 2 is 2.17 bits per heavy atom. The van der Waals surface area contributed by atoms with E-state index in [2.05, 4.69) is 31.1 Å². The lowest BCUT2D eigenvalue weighted by Crippen LogP contribution is -2.34. The molecule has 126 valence electrons. The molecule has 0 bridgehead atoms. The summed E-state index contributed by atoms with van der Waals surface area (Å²) in [5, 5.41) is 18.1. The second-order valence-electron chi connectivity index (χ2n) is 5.73. The number of H-pyrrole nitrogens is 1. The van der Waals surface area contributed by atoms with Gasteiger partial charge in [-0.3, -0.25) is 9.59 Å². The molecule has 2 amide bonds. The number of azo groups is 1. The summed E-state index contributed by atoms with van der Waals surface area (Å²) >= 11 is 3.36. The highest BCUT2D eigenvalue weighted by atomic mass is 79.9. The lowest BCUT2D eigenvalue weighted by molar-refractivity contribution is -0.134. The van der Waals surface area contributed by atoms with Crippen LogP contribution in [0.15, 0.2) is 32.9 Å². The molecule has 0 saturated carbocycles. The smallest absolute Gasteiger partial charge is 0.283 e. The maximum Gasteiger partial charge on any atom is 0.283 e. The molecule has 2 aromatic rings. The number of benzene rings is 1. The number of carbonyl (C=O) groups excluding carboxylic acids is 2. The van der Waals surface area contributed by atoms with Gasteiger partial charge in [-0.1, -0.05) is 22.4 Å². The number of amides is 2. The number of hydrogen-bond acceptors (Lipinski definition) is 4. The van der Waals surface area contributed by atoms with Gasteiger partial charge in [0.1, 0.15) is 6.54 Å². The van der Waals surface area contributed by atoms with Crippen LogP contribution in [-0.4, -0.2) is 39.9 Å². The minimum absolute atomic E-state index is 0.0186. The SMILES string of the molecule is O=C(CN1CCCCCC1=O)N=Nc1c(O)[nH]c2ccc(Br)cc12. The number of aromatic nitrogens is 1. The Balaban J connectivity index is 1.75. The van der Waals surface area contributed by atoms with E-state index in [0.717, 1.165) is 23.7 Å². The highest BCUT2D eigenvalue weighted by molar-refractivity contribution is 9.10. The van der Waals surface area contributed by atoms with Gasteiger partial charge in [0.05, 0.1) is 5.52 Å². The number of halogens is 1. The van der Waals surface area contributed by atoms with Crippen LogP contribution in [0.4, 0.5) is 5.69 Å². The molecule has 1 fully saturated rings. The Hall–Kier alpha value is -2.22. The zero-order chi connectivity index (χ0) is 17.1. The van der Waals surface area contributed by atoms with Gasteiger partial charge in [-0.05, 0) is 31.0 Å². The van der Waals surface area contributed by atoms with Crippen LogP contribution in [0.25, 0.3) is 10.9 Å². The van der Waals surface area contributed by atoms with E-state index < -0.39 is 5.91 Å². The van der Waals surface area contributed by atoms with E-state index in [4.69, 9.17) is 0 Å². The van der Waals surface area contributed by atoms with Crippen LogP contribution in [-0.2, 0) is 9.59 Å². The molecule has 1 aromatic heterocycles. The third kappa shape index (κ3) is 3.64. The van der Waals surface area contributed by atoms with Crippen LogP contribution in [0.2, 0.25) is 0 Å². The summed E-state index contributed by atoms with van der Waals surface area (Å²) in [7, 11) is 0. The van der Waals surface area contributed by atoms with Crippen LogP contribution in [0.5, 0.6) is 5.88 Å². The van der Waals surface area contributed by atoms with E-state index in [-0.39, 0.29) is 24.0 Å². The minimum atomic E-state index is -0.506. The van der Waals surface area contributed by atoms with E-state index in [1.54, 1.807) is 12.1 Å². The first kappa shape index (κ1) is 16.6. The van der Waals surface area contributed by atoms with Crippen molar-refractivity contribution in [1.29, 1.82) is 0 Å². The van der Waals surface area contributed by atoms with Gasteiger partial charge in [0.15, 0.2) is 5.69 Å². The molecular weight excluding hydrogens is 376 g/mol. The van der Waals surface area contributed by atoms with Crippen molar-refractivity contribution < 1.29 is 14.7 Å². The van der Waals surface area contributed by atoms with Crippen LogP contribution in [0.1, 0.15) is 25.7 Å². The van der Waals surface area contributed by atoms with Crippen molar-refractivity contribution in [3.63, 3.8) is 0 Å². The van der Waals surface area contributed by atoms with E-state index in [1.165, 1.54) is 4.90 Å². The van der Waals surface area contributed by atoms with Crippen molar-refractivity contribution in [2.75, 3.05) is 13.1 Å². The van der Waals surface area contributed by atoms with E-state index in [0.29, 0.717) is 23.9 Å². The number of nitrogens with zero attached hydrogens (tertiary/aromatic N) is 3. The van der Waals surface area contributed by atoms with Gasteiger partial charge in [-0.15, -0.1) is 10.2 Å². The van der Waals surface area contributed by atoms with Gasteiger partial charge >= 0.3 is 0 Å². The Labute approximate surface area is 146 Å². The topological polar surface area (TPSA) is 98.1 Å². The average Bonchev–Trinajstić information content (AvgIpc) is 2.71. The standard InChI is InChI=1S/C16H17BrN4O3/c17-10-5-6-12-11(8-10)15(16(24)18-12)20-19-13(22)9-21-7-3-1-2-4-14(21)23/h5-6,8,18,24H,1-4,7,9H2. The molecule has 3 rings (SSSR count). The number of aromatic hydroxyl groups is 1. The molecule has 0 radical (unpaired) electrons. The molecule has 7 nitrogen and oxygen atoms in total. The predicted octanol–water partition coefficient (Wildman–Crippen LogP) is 3.65. The number of fused-ring (bicyclic) bond motifs is 1. The average molecular weight is 393 g/mol. The molecule has 2 heterocycles. The van der Waals surface area contributed by atoms with E-state index in [9.17, 15) is 14.7 Å². The van der Waals surface area contributed by atoms with Crippen molar-refractivity contribution in [3.05, 3.63) is 22.7 Å². The minimum Gasteiger partial charge on any atom is -0.493 e. The lowest BCUT2D eigenvalue weighted by atomic mass is 10.2. The highest BCUT2D eigenvalue weighted by Gasteiger charge is 2.19. The molecule has 2 N–H and O–H groups in total. The molecule has 0 spiro atoms. The fourth-order valence-electron chi connectivity index (χ4n) is 2.74. The largest absolute Gasteiger partial charge is 0.493 e. The number of hydrogen-bond donors (Lipinski definition) is 2. The molecule has 1 aliphatic heterocycles. The molecule has 24 heavy (non-hydrogen) atoms. The summed E-state index contributed by atoms with van der Waals surface area (Å²) in [5.41, 5.74) is 0.904. The van der Waals surface area contributed by atoms with Crippen LogP contribution < -0.4 is 0 Å². The van der Waals surface area contributed by atoms with Crippen LogP contribution in [0, 0.1) is 0 Å². The van der Waals surface area contributed by atoms with E-state index in [1.807, 2.05) is 6.07 Å². The fraction of sp³-hybridized carbons (Fsp3) is 0.375. The maximum absolute atomic E-state index is 12.0. The number of carbonyl (C=O) groups is 2. The Morgan fingerprint density at radius 1 is 1.33 bits per heavy atom. The number of nitrogens with one attached hydrogen (secondary N) is 1. The molecule has 0 unspecified atom stereocenters. The molecule has 0 aliphatic carbocycles. The van der Waals surface area contributed by atoms with Crippen LogP contribution >= 0.6 is 15.9 Å². The van der Waals surface area contributed by atoms with Gasteiger partial charge in [-0.25, -0.2) is 0 Å². The van der Waals surface area contributed by atoms with Gasteiger partial charge in [0.2, 0.25) is 11.8 Å². The quantitative estimate of drug-likeness (QED) is 0.779. The monoisotopic (exact) mass is 392 g/mol. The summed E-state index contributed by atoms with van der Waals surface area (Å²) in [5.74, 6) is -0.672. The molecule has 1 aromatic carbocycles. The first-order valence-electron chi connectivity index (χ1n) is 7.77. The predicted molar refractivity (Wildman–Crippen MR) is 92.2 cm³/mol. The third-order valence-electron chi connectivity index (χ3n) is 3.97. The first-order valence-corrected chi connectivity index (χ1v) is 8.56. The second kappa shape index (κ2) is 7.12. The third-order valence-corrected chi connectivity index (χ3v) is 4.47. The van der Waals surface area contributed by atoms with Gasteiger partial charge in [0.25, 0.3) is 5.91 Å². The van der Waals surface area contributed by atoms with Gasteiger partial charge in [0, 0.05) is 22.8 Å². The summed E-state index contributed by atoms with van der Waals surface area (Å²) in [4.78, 5) is 28.2. The summed E-state index contributed by atoms with van der Waals surface area (Å²) in [6.45, 7) is 0.501. The Kier molecular flexibility index (Phi) is 4.94. The number of aromatic amines is 1. The van der Waals surface area contributed by atoms with E-state index >= 15 is 0 Å². The Bertz CT molecular complexity index is 815. The van der Waals surface area contributed by atoms with Crippen molar-refractivity contribution in [1.82, 2.24) is 9.88 Å². The highest BCUT2D eigenvalue weighted by Crippen LogP contribution is 2.36. The maximum atomic E-state index is 12.0. The summed E-state index contributed by atoms with van der Waals surface area (Å²) in [6.07, 6.45) is 3.23. The summed E-state index contributed by atoms with van der Waals surface area (Å²) < 4.78 is 0.826. The number of likely N-dealkylation sites (tertiary alicyclic amines) is 1. The van der Waals surface area contributed by atoms with Crippen molar-refractivity contribution in [2.45, 2.75) is 25.7 Å². The zero-order valence-corrected chi connectivity index (χ0v) is 14.5. The fourth-order valence-corrected chi connectivity index (χ4v) is 3.10. The molecular formula is C16H17BrN4O3. The molecule has 8 heteroatoms. The van der Waals surface area contributed by atoms with Gasteiger partial charge in [-0.2, -0.15) is 0 Å². The van der Waals surface area contributed by atoms with Crippen molar-refractivity contribution >= 4 is 44.3 Å². The Morgan fingerprint density at radius 3 is 3.00 bits per heavy atom. The normalized spacial score (nSPS) is 16.0. The number of rotatable bonds is 3. The van der Waals surface area contributed by atoms with Gasteiger partial charge < -0.3 is 15.0 Å². The summed E-state index contributed by atoms with van der Waals surface area (Å²) in [6, 6.07) is 5.40. The van der Waals surface area contributed by atoms with Crippen molar-refractivity contribution in [3.8, 4) is 5.88 Å². The van der Waals surface area contributed by atoms with Crippen LogP contribution in [0.3, 0.4) is 0 Å². The first-order chi connectivity index (χ1) is 11.5. The second-order valence-corrected chi connectivity index (χ2v) is 6.65.